The Morgan fingerprint density at radius 3 is 2.65 bits per heavy atom. The molecule has 1 N–H and O–H groups in total. The van der Waals surface area contributed by atoms with Crippen molar-refractivity contribution in [2.24, 2.45) is 0 Å². The summed E-state index contributed by atoms with van der Waals surface area (Å²) in [5.41, 5.74) is 1.67. The van der Waals surface area contributed by atoms with E-state index in [1.165, 1.54) is 4.68 Å². The van der Waals surface area contributed by atoms with Crippen LogP contribution in [0.5, 0.6) is 0 Å². The highest BCUT2D eigenvalue weighted by molar-refractivity contribution is 5.90. The molecular weight excluding hydrogens is 260 g/mol. The standard InChI is InChI=1S/C12H12N6O2/c1-6-9(12(19)20)7(2)18(16-6)10-11-15-14-8(3)17(11)5-4-13-10/h4-5H,1-3H3,(H,19,20). The minimum Gasteiger partial charge on any atom is -0.478 e. The summed E-state index contributed by atoms with van der Waals surface area (Å²) >= 11 is 0. The van der Waals surface area contributed by atoms with Gasteiger partial charge in [-0.3, -0.25) is 4.40 Å². The van der Waals surface area contributed by atoms with E-state index < -0.39 is 5.97 Å². The third-order valence-electron chi connectivity index (χ3n) is 3.18. The molecule has 0 amide bonds. The number of aromatic carboxylic acids is 1. The lowest BCUT2D eigenvalue weighted by molar-refractivity contribution is 0.0695. The number of carbonyl (C=O) groups is 1. The van der Waals surface area contributed by atoms with Crippen molar-refractivity contribution in [2.75, 3.05) is 0 Å². The summed E-state index contributed by atoms with van der Waals surface area (Å²) in [4.78, 5) is 15.5. The average molecular weight is 272 g/mol. The molecule has 8 nitrogen and oxygen atoms in total. The van der Waals surface area contributed by atoms with E-state index in [4.69, 9.17) is 0 Å². The van der Waals surface area contributed by atoms with Crippen LogP contribution in [-0.2, 0) is 0 Å². The molecule has 0 aliphatic heterocycles. The number of carboxylic acids is 1. The zero-order valence-electron chi connectivity index (χ0n) is 11.2. The molecule has 8 heteroatoms. The van der Waals surface area contributed by atoms with Gasteiger partial charge >= 0.3 is 5.97 Å². The van der Waals surface area contributed by atoms with Gasteiger partial charge in [0.1, 0.15) is 11.4 Å². The molecule has 0 saturated heterocycles. The molecule has 20 heavy (non-hydrogen) atoms. The van der Waals surface area contributed by atoms with Gasteiger partial charge in [0.2, 0.25) is 5.65 Å². The Balaban J connectivity index is 2.32. The molecule has 0 aromatic carbocycles. The third-order valence-corrected chi connectivity index (χ3v) is 3.18. The molecule has 0 radical (unpaired) electrons. The maximum atomic E-state index is 11.2. The van der Waals surface area contributed by atoms with E-state index in [2.05, 4.69) is 20.3 Å². The zero-order chi connectivity index (χ0) is 14.4. The summed E-state index contributed by atoms with van der Waals surface area (Å²) in [7, 11) is 0. The monoisotopic (exact) mass is 272 g/mol. The Kier molecular flexibility index (Phi) is 2.53. The Labute approximate surface area is 113 Å². The summed E-state index contributed by atoms with van der Waals surface area (Å²) in [6.07, 6.45) is 3.35. The third kappa shape index (κ3) is 1.58. The van der Waals surface area contributed by atoms with Gasteiger partial charge in [-0.2, -0.15) is 5.10 Å². The molecule has 0 aliphatic rings. The van der Waals surface area contributed by atoms with E-state index in [-0.39, 0.29) is 5.56 Å². The van der Waals surface area contributed by atoms with E-state index in [9.17, 15) is 9.90 Å². The fourth-order valence-corrected chi connectivity index (χ4v) is 2.24. The quantitative estimate of drug-likeness (QED) is 0.745. The van der Waals surface area contributed by atoms with Crippen LogP contribution in [0, 0.1) is 20.8 Å². The van der Waals surface area contributed by atoms with E-state index in [1.807, 2.05) is 6.92 Å². The smallest absolute Gasteiger partial charge is 0.339 e. The van der Waals surface area contributed by atoms with E-state index in [1.54, 1.807) is 30.6 Å². The maximum absolute atomic E-state index is 11.2. The molecule has 3 rings (SSSR count). The van der Waals surface area contributed by atoms with Crippen molar-refractivity contribution in [1.29, 1.82) is 0 Å². The molecule has 0 unspecified atom stereocenters. The number of hydrogen-bond acceptors (Lipinski definition) is 5. The minimum atomic E-state index is -1.00. The van der Waals surface area contributed by atoms with Crippen LogP contribution in [-0.4, -0.2) is 40.4 Å². The van der Waals surface area contributed by atoms with E-state index in [0.29, 0.717) is 22.9 Å². The first kappa shape index (κ1) is 12.3. The molecule has 3 aromatic heterocycles. The summed E-state index contributed by atoms with van der Waals surface area (Å²) in [6, 6.07) is 0. The largest absolute Gasteiger partial charge is 0.478 e. The fourth-order valence-electron chi connectivity index (χ4n) is 2.24. The first-order valence-corrected chi connectivity index (χ1v) is 5.97. The van der Waals surface area contributed by atoms with Gasteiger partial charge in [-0.25, -0.2) is 14.5 Å². The second-order valence-corrected chi connectivity index (χ2v) is 4.45. The molecule has 0 spiro atoms. The van der Waals surface area contributed by atoms with Crippen molar-refractivity contribution in [3.8, 4) is 5.82 Å². The second-order valence-electron chi connectivity index (χ2n) is 4.45. The van der Waals surface area contributed by atoms with E-state index >= 15 is 0 Å². The van der Waals surface area contributed by atoms with E-state index in [0.717, 1.165) is 5.82 Å². The van der Waals surface area contributed by atoms with Gasteiger partial charge in [0.25, 0.3) is 0 Å². The molecule has 0 aliphatic carbocycles. The Bertz CT molecular complexity index is 832. The average Bonchev–Trinajstić information content (AvgIpc) is 2.91. The molecule has 0 fully saturated rings. The molecule has 0 bridgehead atoms. The summed E-state index contributed by atoms with van der Waals surface area (Å²) in [6.45, 7) is 5.17. The van der Waals surface area contributed by atoms with Crippen LogP contribution in [0.15, 0.2) is 12.4 Å². The van der Waals surface area contributed by atoms with Crippen molar-refractivity contribution in [3.05, 3.63) is 35.2 Å². The van der Waals surface area contributed by atoms with Gasteiger partial charge in [0.15, 0.2) is 5.82 Å². The van der Waals surface area contributed by atoms with Crippen LogP contribution >= 0.6 is 0 Å². The van der Waals surface area contributed by atoms with Crippen LogP contribution in [0.4, 0.5) is 0 Å². The predicted octanol–water partition coefficient (Wildman–Crippen LogP) is 0.933. The summed E-state index contributed by atoms with van der Waals surface area (Å²) in [5, 5.41) is 21.5. The topological polar surface area (TPSA) is 98.2 Å². The lowest BCUT2D eigenvalue weighted by Crippen LogP contribution is -2.06. The number of aromatic nitrogens is 6. The van der Waals surface area contributed by atoms with Gasteiger partial charge in [-0.05, 0) is 20.8 Å². The van der Waals surface area contributed by atoms with Crippen molar-refractivity contribution in [3.63, 3.8) is 0 Å². The molecular formula is C12H12N6O2. The highest BCUT2D eigenvalue weighted by Gasteiger charge is 2.21. The minimum absolute atomic E-state index is 0.185. The predicted molar refractivity (Wildman–Crippen MR) is 69.1 cm³/mol. The summed E-state index contributed by atoms with van der Waals surface area (Å²) in [5.74, 6) is 0.181. The Hall–Kier alpha value is -2.77. The van der Waals surface area contributed by atoms with Crippen molar-refractivity contribution in [2.45, 2.75) is 20.8 Å². The number of hydrogen-bond donors (Lipinski definition) is 1. The fraction of sp³-hybridized carbons (Fsp3) is 0.250. The van der Waals surface area contributed by atoms with Gasteiger partial charge in [-0.15, -0.1) is 10.2 Å². The van der Waals surface area contributed by atoms with Crippen LogP contribution in [0.3, 0.4) is 0 Å². The number of fused-ring (bicyclic) bond motifs is 1. The van der Waals surface area contributed by atoms with Gasteiger partial charge in [0, 0.05) is 12.4 Å². The molecule has 3 heterocycles. The van der Waals surface area contributed by atoms with Crippen LogP contribution < -0.4 is 0 Å². The normalized spacial score (nSPS) is 11.2. The van der Waals surface area contributed by atoms with Gasteiger partial charge in [0.05, 0.1) is 11.4 Å². The summed E-state index contributed by atoms with van der Waals surface area (Å²) < 4.78 is 3.27. The first-order chi connectivity index (χ1) is 9.50. The maximum Gasteiger partial charge on any atom is 0.339 e. The number of carboxylic acid groups (broad SMARTS) is 1. The van der Waals surface area contributed by atoms with Crippen molar-refractivity contribution >= 4 is 11.6 Å². The lowest BCUT2D eigenvalue weighted by atomic mass is 10.2. The number of nitrogens with zero attached hydrogens (tertiary/aromatic N) is 6. The molecule has 3 aromatic rings. The van der Waals surface area contributed by atoms with Crippen LogP contribution in [0.2, 0.25) is 0 Å². The highest BCUT2D eigenvalue weighted by Crippen LogP contribution is 2.19. The molecule has 0 saturated carbocycles. The second kappa shape index (κ2) is 4.12. The van der Waals surface area contributed by atoms with Gasteiger partial charge < -0.3 is 5.11 Å². The number of rotatable bonds is 2. The molecule has 102 valence electrons. The first-order valence-electron chi connectivity index (χ1n) is 5.97. The van der Waals surface area contributed by atoms with Crippen LogP contribution in [0.1, 0.15) is 27.6 Å². The van der Waals surface area contributed by atoms with Gasteiger partial charge in [-0.1, -0.05) is 0 Å². The molecule has 0 atom stereocenters. The zero-order valence-corrected chi connectivity index (χ0v) is 11.2. The van der Waals surface area contributed by atoms with Crippen molar-refractivity contribution < 1.29 is 9.90 Å². The highest BCUT2D eigenvalue weighted by atomic mass is 16.4. The SMILES string of the molecule is Cc1nn(-c2nccn3c(C)nnc23)c(C)c1C(=O)O. The lowest BCUT2D eigenvalue weighted by Gasteiger charge is -2.04. The van der Waals surface area contributed by atoms with Crippen molar-refractivity contribution in [1.82, 2.24) is 29.4 Å². The Morgan fingerprint density at radius 1 is 1.25 bits per heavy atom. The Morgan fingerprint density at radius 2 is 2.00 bits per heavy atom. The number of aryl methyl sites for hydroxylation is 2. The van der Waals surface area contributed by atoms with Crippen LogP contribution in [0.25, 0.3) is 11.5 Å².